The van der Waals surface area contributed by atoms with E-state index in [1.165, 1.54) is 0 Å². The lowest BCUT2D eigenvalue weighted by atomic mass is 10.1. The molecule has 0 fully saturated rings. The van der Waals surface area contributed by atoms with Crippen LogP contribution in [0.1, 0.15) is 22.8 Å². The number of rotatable bonds is 3. The van der Waals surface area contributed by atoms with Crippen LogP contribution in [0, 0.1) is 0 Å². The van der Waals surface area contributed by atoms with Crippen molar-refractivity contribution in [1.29, 1.82) is 0 Å². The molecule has 1 amide bonds. The van der Waals surface area contributed by atoms with Gasteiger partial charge in [0.25, 0.3) is 5.91 Å². The molecule has 0 aliphatic carbocycles. The van der Waals surface area contributed by atoms with Crippen LogP contribution in [-0.2, 0) is 6.42 Å². The number of nitrogens with zero attached hydrogens (tertiary/aromatic N) is 1. The van der Waals surface area contributed by atoms with Gasteiger partial charge in [0.2, 0.25) is 0 Å². The number of amides is 1. The van der Waals surface area contributed by atoms with Gasteiger partial charge < -0.3 is 15.4 Å². The van der Waals surface area contributed by atoms with Crippen molar-refractivity contribution in [2.45, 2.75) is 13.3 Å². The Kier molecular flexibility index (Phi) is 3.52. The molecule has 4 heteroatoms. The zero-order chi connectivity index (χ0) is 14.8. The minimum atomic E-state index is -0.0385. The fourth-order valence-electron chi connectivity index (χ4n) is 2.74. The van der Waals surface area contributed by atoms with Crippen LogP contribution in [0.4, 0.5) is 11.4 Å². The molecule has 3 rings (SSSR count). The van der Waals surface area contributed by atoms with E-state index in [9.17, 15) is 4.79 Å². The van der Waals surface area contributed by atoms with Crippen molar-refractivity contribution in [2.24, 2.45) is 0 Å². The Morgan fingerprint density at radius 3 is 2.86 bits per heavy atom. The van der Waals surface area contributed by atoms with E-state index >= 15 is 0 Å². The molecule has 1 aliphatic heterocycles. The van der Waals surface area contributed by atoms with E-state index in [2.05, 4.69) is 0 Å². The lowest BCUT2D eigenvalue weighted by Gasteiger charge is -2.19. The van der Waals surface area contributed by atoms with E-state index in [1.54, 1.807) is 11.0 Å². The van der Waals surface area contributed by atoms with Crippen LogP contribution in [-0.4, -0.2) is 19.1 Å². The van der Waals surface area contributed by atoms with Gasteiger partial charge in [-0.15, -0.1) is 0 Å². The normalized spacial score (nSPS) is 13.1. The fraction of sp³-hybridized carbons (Fsp3) is 0.235. The summed E-state index contributed by atoms with van der Waals surface area (Å²) >= 11 is 0. The van der Waals surface area contributed by atoms with E-state index in [1.807, 2.05) is 43.3 Å². The Balaban J connectivity index is 1.97. The minimum Gasteiger partial charge on any atom is -0.493 e. The van der Waals surface area contributed by atoms with Gasteiger partial charge in [0.15, 0.2) is 0 Å². The molecule has 21 heavy (non-hydrogen) atoms. The number of nitrogens with two attached hydrogens (primary N) is 1. The number of para-hydroxylation sites is 1. The molecule has 0 spiro atoms. The van der Waals surface area contributed by atoms with Crippen LogP contribution in [0.15, 0.2) is 42.5 Å². The smallest absolute Gasteiger partial charge is 0.262 e. The first-order valence-corrected chi connectivity index (χ1v) is 7.13. The molecule has 2 aromatic carbocycles. The van der Waals surface area contributed by atoms with Crippen LogP contribution in [0.3, 0.4) is 0 Å². The van der Waals surface area contributed by atoms with Crippen molar-refractivity contribution in [3.63, 3.8) is 0 Å². The Morgan fingerprint density at radius 1 is 1.24 bits per heavy atom. The molecule has 2 N–H and O–H groups in total. The molecule has 0 atom stereocenters. The summed E-state index contributed by atoms with van der Waals surface area (Å²) in [7, 11) is 0. The van der Waals surface area contributed by atoms with Gasteiger partial charge in [0.05, 0.1) is 12.2 Å². The lowest BCUT2D eigenvalue weighted by molar-refractivity contribution is 0.0985. The van der Waals surface area contributed by atoms with Crippen molar-refractivity contribution < 1.29 is 9.53 Å². The second-order valence-electron chi connectivity index (χ2n) is 4.98. The van der Waals surface area contributed by atoms with E-state index in [0.29, 0.717) is 24.5 Å². The van der Waals surface area contributed by atoms with Gasteiger partial charge in [-0.25, -0.2) is 0 Å². The van der Waals surface area contributed by atoms with E-state index in [-0.39, 0.29) is 5.91 Å². The van der Waals surface area contributed by atoms with E-state index in [0.717, 1.165) is 23.4 Å². The monoisotopic (exact) mass is 282 g/mol. The zero-order valence-electron chi connectivity index (χ0n) is 12.0. The number of ether oxygens (including phenoxy) is 1. The van der Waals surface area contributed by atoms with Gasteiger partial charge in [0, 0.05) is 23.5 Å². The highest BCUT2D eigenvalue weighted by molar-refractivity contribution is 6.09. The average Bonchev–Trinajstić information content (AvgIpc) is 2.93. The predicted octanol–water partition coefficient (Wildman–Crippen LogP) is 2.87. The van der Waals surface area contributed by atoms with Crippen LogP contribution < -0.4 is 15.4 Å². The summed E-state index contributed by atoms with van der Waals surface area (Å²) in [6.07, 6.45) is 0.796. The van der Waals surface area contributed by atoms with Crippen LogP contribution in [0.5, 0.6) is 5.75 Å². The summed E-state index contributed by atoms with van der Waals surface area (Å²) in [5.41, 5.74) is 9.29. The minimum absolute atomic E-state index is 0.0385. The topological polar surface area (TPSA) is 55.6 Å². The van der Waals surface area contributed by atoms with Gasteiger partial charge in [-0.1, -0.05) is 18.2 Å². The van der Waals surface area contributed by atoms with E-state index in [4.69, 9.17) is 10.5 Å². The number of fused-ring (bicyclic) bond motifs is 1. The number of anilines is 2. The molecule has 0 saturated heterocycles. The molecule has 0 radical (unpaired) electrons. The Bertz CT molecular complexity index is 682. The molecule has 2 aromatic rings. The molecule has 1 heterocycles. The van der Waals surface area contributed by atoms with Crippen molar-refractivity contribution >= 4 is 17.3 Å². The Labute approximate surface area is 124 Å². The molecule has 108 valence electrons. The maximum absolute atomic E-state index is 12.8. The summed E-state index contributed by atoms with van der Waals surface area (Å²) in [6, 6.07) is 13.1. The third-order valence-corrected chi connectivity index (χ3v) is 3.73. The first-order valence-electron chi connectivity index (χ1n) is 7.13. The number of hydrogen-bond acceptors (Lipinski definition) is 3. The Morgan fingerprint density at radius 2 is 2.05 bits per heavy atom. The highest BCUT2D eigenvalue weighted by Crippen LogP contribution is 2.34. The first-order chi connectivity index (χ1) is 10.2. The van der Waals surface area contributed by atoms with Crippen LogP contribution in [0.25, 0.3) is 0 Å². The van der Waals surface area contributed by atoms with Crippen molar-refractivity contribution in [3.05, 3.63) is 53.6 Å². The summed E-state index contributed by atoms with van der Waals surface area (Å²) < 4.78 is 5.56. The molecule has 0 unspecified atom stereocenters. The largest absolute Gasteiger partial charge is 0.493 e. The highest BCUT2D eigenvalue weighted by atomic mass is 16.5. The van der Waals surface area contributed by atoms with Gasteiger partial charge in [-0.2, -0.15) is 0 Å². The highest BCUT2D eigenvalue weighted by Gasteiger charge is 2.28. The third kappa shape index (κ3) is 2.33. The quantitative estimate of drug-likeness (QED) is 0.881. The molecular weight excluding hydrogens is 264 g/mol. The fourth-order valence-corrected chi connectivity index (χ4v) is 2.74. The Hall–Kier alpha value is -2.49. The molecule has 4 nitrogen and oxygen atoms in total. The van der Waals surface area contributed by atoms with Gasteiger partial charge >= 0.3 is 0 Å². The standard InChI is InChI=1S/C17H18N2O2/c1-2-21-16-9-4-3-6-13(16)17(20)19-11-10-12-14(18)7-5-8-15(12)19/h3-9H,2,10-11,18H2,1H3. The average molecular weight is 282 g/mol. The maximum Gasteiger partial charge on any atom is 0.262 e. The maximum atomic E-state index is 12.8. The van der Waals surface area contributed by atoms with E-state index < -0.39 is 0 Å². The summed E-state index contributed by atoms with van der Waals surface area (Å²) in [6.45, 7) is 3.10. The second kappa shape index (κ2) is 5.48. The van der Waals surface area contributed by atoms with Crippen molar-refractivity contribution in [1.82, 2.24) is 0 Å². The van der Waals surface area contributed by atoms with Crippen molar-refractivity contribution in [3.8, 4) is 5.75 Å². The summed E-state index contributed by atoms with van der Waals surface area (Å²) in [5, 5.41) is 0. The molecule has 1 aliphatic rings. The molecular formula is C17H18N2O2. The zero-order valence-corrected chi connectivity index (χ0v) is 12.0. The number of benzene rings is 2. The molecule has 0 aromatic heterocycles. The predicted molar refractivity (Wildman–Crippen MR) is 83.8 cm³/mol. The SMILES string of the molecule is CCOc1ccccc1C(=O)N1CCc2c(N)cccc21. The number of carbonyl (C=O) groups is 1. The second-order valence-corrected chi connectivity index (χ2v) is 4.98. The number of nitrogen functional groups attached to an aromatic ring is 1. The van der Waals surface area contributed by atoms with Crippen molar-refractivity contribution in [2.75, 3.05) is 23.8 Å². The van der Waals surface area contributed by atoms with Gasteiger partial charge in [-0.05, 0) is 37.6 Å². The lowest BCUT2D eigenvalue weighted by Crippen LogP contribution is -2.29. The number of hydrogen-bond donors (Lipinski definition) is 1. The number of carbonyl (C=O) groups excluding carboxylic acids is 1. The van der Waals surface area contributed by atoms with Crippen LogP contribution >= 0.6 is 0 Å². The van der Waals surface area contributed by atoms with Crippen LogP contribution in [0.2, 0.25) is 0 Å². The molecule has 0 saturated carbocycles. The van der Waals surface area contributed by atoms with Gasteiger partial charge in [0.1, 0.15) is 5.75 Å². The summed E-state index contributed by atoms with van der Waals surface area (Å²) in [4.78, 5) is 14.6. The summed E-state index contributed by atoms with van der Waals surface area (Å²) in [5.74, 6) is 0.589. The van der Waals surface area contributed by atoms with Gasteiger partial charge in [-0.3, -0.25) is 4.79 Å². The molecule has 0 bridgehead atoms. The first kappa shape index (κ1) is 13.5. The third-order valence-electron chi connectivity index (χ3n) is 3.73.